The first-order valence-electron chi connectivity index (χ1n) is 13.7. The second-order valence-corrected chi connectivity index (χ2v) is 13.2. The van der Waals surface area contributed by atoms with Gasteiger partial charge in [0, 0.05) is 33.2 Å². The first kappa shape index (κ1) is 25.3. The minimum atomic E-state index is -3.51. The van der Waals surface area contributed by atoms with Crippen LogP contribution in [0.15, 0.2) is 140 Å². The minimum Gasteiger partial charge on any atom is -0.497 e. The molecule has 2 heterocycles. The summed E-state index contributed by atoms with van der Waals surface area (Å²) in [6.07, 6.45) is 0. The van der Waals surface area contributed by atoms with Crippen LogP contribution in [-0.2, 0) is 4.57 Å². The van der Waals surface area contributed by atoms with Crippen LogP contribution in [-0.4, -0.2) is 23.2 Å². The molecule has 1 aromatic heterocycles. The molecule has 0 N–H and O–H groups in total. The van der Waals surface area contributed by atoms with Crippen LogP contribution in [0.2, 0.25) is 0 Å². The molecule has 5 heteroatoms. The maximum atomic E-state index is 15.8. The van der Waals surface area contributed by atoms with Gasteiger partial charge in [-0.05, 0) is 29.3 Å². The van der Waals surface area contributed by atoms with Crippen LogP contribution >= 0.6 is 7.14 Å². The lowest BCUT2D eigenvalue weighted by molar-refractivity contribution is 0.0930. The highest BCUT2D eigenvalue weighted by molar-refractivity contribution is 7.80. The Bertz CT molecular complexity index is 1870. The number of ether oxygens (including phenoxy) is 1. The SMILES string of the molecule is COc1ccc([C@@H]2c3c(-c4ccccc4)c4ccccc4n3C(=O)[C@H]2P(=O)(c2ccccc2)c2ccccc2)cc1. The summed E-state index contributed by atoms with van der Waals surface area (Å²) in [5.74, 6) is 0.130. The molecule has 41 heavy (non-hydrogen) atoms. The number of fused-ring (bicyclic) bond motifs is 3. The van der Waals surface area contributed by atoms with Crippen LogP contribution in [0.1, 0.15) is 22.0 Å². The monoisotopic (exact) mass is 553 g/mol. The van der Waals surface area contributed by atoms with Crippen LogP contribution in [0.5, 0.6) is 5.75 Å². The van der Waals surface area contributed by atoms with Gasteiger partial charge in [-0.1, -0.05) is 121 Å². The van der Waals surface area contributed by atoms with Crippen molar-refractivity contribution < 1.29 is 14.1 Å². The molecule has 200 valence electrons. The second-order valence-electron chi connectivity index (χ2n) is 10.3. The first-order chi connectivity index (χ1) is 20.1. The lowest BCUT2D eigenvalue weighted by Gasteiger charge is -2.29. The second kappa shape index (κ2) is 10.1. The maximum Gasteiger partial charge on any atom is 0.243 e. The number of nitrogens with zero attached hydrogens (tertiary/aromatic N) is 1. The Morgan fingerprint density at radius 2 is 1.20 bits per heavy atom. The van der Waals surface area contributed by atoms with Crippen LogP contribution in [0.3, 0.4) is 0 Å². The molecule has 0 unspecified atom stereocenters. The molecule has 0 bridgehead atoms. The van der Waals surface area contributed by atoms with Crippen LogP contribution in [0.4, 0.5) is 0 Å². The highest BCUT2D eigenvalue weighted by Crippen LogP contribution is 2.60. The van der Waals surface area contributed by atoms with Crippen molar-refractivity contribution in [1.29, 1.82) is 0 Å². The predicted octanol–water partition coefficient (Wildman–Crippen LogP) is 7.49. The van der Waals surface area contributed by atoms with Crippen molar-refractivity contribution >= 4 is 34.6 Å². The average Bonchev–Trinajstić information content (AvgIpc) is 3.54. The maximum absolute atomic E-state index is 15.8. The number of hydrogen-bond acceptors (Lipinski definition) is 3. The van der Waals surface area contributed by atoms with Crippen LogP contribution in [0, 0.1) is 0 Å². The van der Waals surface area contributed by atoms with Gasteiger partial charge in [-0.2, -0.15) is 0 Å². The fourth-order valence-corrected chi connectivity index (χ4v) is 9.74. The third kappa shape index (κ3) is 3.90. The van der Waals surface area contributed by atoms with E-state index in [1.807, 2.05) is 126 Å². The number of carbonyl (C=O) groups is 1. The zero-order valence-corrected chi connectivity index (χ0v) is 23.4. The third-order valence-electron chi connectivity index (χ3n) is 8.20. The lowest BCUT2D eigenvalue weighted by Crippen LogP contribution is -2.33. The van der Waals surface area contributed by atoms with Gasteiger partial charge in [-0.15, -0.1) is 0 Å². The Hall–Kier alpha value is -4.66. The van der Waals surface area contributed by atoms with Gasteiger partial charge >= 0.3 is 0 Å². The quantitative estimate of drug-likeness (QED) is 0.201. The molecule has 2 atom stereocenters. The van der Waals surface area contributed by atoms with E-state index in [4.69, 9.17) is 4.74 Å². The zero-order chi connectivity index (χ0) is 28.0. The van der Waals surface area contributed by atoms with Crippen molar-refractivity contribution in [2.45, 2.75) is 11.6 Å². The van der Waals surface area contributed by atoms with E-state index in [2.05, 4.69) is 18.2 Å². The Labute approximate surface area is 239 Å². The lowest BCUT2D eigenvalue weighted by atomic mass is 9.89. The molecule has 0 saturated heterocycles. The Morgan fingerprint density at radius 1 is 0.659 bits per heavy atom. The van der Waals surface area contributed by atoms with E-state index < -0.39 is 18.7 Å². The summed E-state index contributed by atoms with van der Waals surface area (Å²) in [5, 5.41) is 2.37. The van der Waals surface area contributed by atoms with Gasteiger partial charge in [0.1, 0.15) is 11.4 Å². The largest absolute Gasteiger partial charge is 0.497 e. The number of methoxy groups -OCH3 is 1. The average molecular weight is 554 g/mol. The van der Waals surface area contributed by atoms with Gasteiger partial charge in [0.2, 0.25) is 5.91 Å². The topological polar surface area (TPSA) is 48.3 Å². The van der Waals surface area contributed by atoms with E-state index in [0.29, 0.717) is 10.6 Å². The Balaban J connectivity index is 1.59. The van der Waals surface area contributed by atoms with Crippen molar-refractivity contribution in [2.24, 2.45) is 0 Å². The van der Waals surface area contributed by atoms with Crippen molar-refractivity contribution in [3.63, 3.8) is 0 Å². The van der Waals surface area contributed by atoms with E-state index in [1.165, 1.54) is 0 Å². The van der Waals surface area contributed by atoms with E-state index in [0.717, 1.165) is 39.0 Å². The fourth-order valence-electron chi connectivity index (χ4n) is 6.41. The summed E-state index contributed by atoms with van der Waals surface area (Å²) in [7, 11) is -1.87. The number of carbonyl (C=O) groups excluding carboxylic acids is 1. The van der Waals surface area contributed by atoms with Crippen molar-refractivity contribution in [1.82, 2.24) is 4.57 Å². The normalized spacial score (nSPS) is 16.6. The Morgan fingerprint density at radius 3 is 1.78 bits per heavy atom. The predicted molar refractivity (Wildman–Crippen MR) is 166 cm³/mol. The molecule has 0 fully saturated rings. The molecular weight excluding hydrogens is 525 g/mol. The highest BCUT2D eigenvalue weighted by Gasteiger charge is 2.54. The number of benzene rings is 5. The summed E-state index contributed by atoms with van der Waals surface area (Å²) in [6.45, 7) is 0. The summed E-state index contributed by atoms with van der Waals surface area (Å²) in [4.78, 5) is 14.9. The molecule has 5 aromatic carbocycles. The highest BCUT2D eigenvalue weighted by atomic mass is 31.2. The molecule has 4 nitrogen and oxygen atoms in total. The molecule has 6 aromatic rings. The molecule has 0 aliphatic carbocycles. The molecule has 0 spiro atoms. The van der Waals surface area contributed by atoms with E-state index >= 15 is 4.57 Å². The van der Waals surface area contributed by atoms with Gasteiger partial charge in [0.25, 0.3) is 0 Å². The molecule has 0 radical (unpaired) electrons. The molecule has 1 aliphatic heterocycles. The van der Waals surface area contributed by atoms with Crippen molar-refractivity contribution in [2.75, 3.05) is 7.11 Å². The van der Waals surface area contributed by atoms with Gasteiger partial charge in [-0.3, -0.25) is 9.36 Å². The van der Waals surface area contributed by atoms with Gasteiger partial charge in [0.05, 0.1) is 12.6 Å². The van der Waals surface area contributed by atoms with Crippen LogP contribution < -0.4 is 15.3 Å². The molecular formula is C36H28NO3P. The summed E-state index contributed by atoms with van der Waals surface area (Å²) in [6, 6.07) is 45.1. The smallest absolute Gasteiger partial charge is 0.243 e. The number of rotatable bonds is 6. The van der Waals surface area contributed by atoms with Gasteiger partial charge in [-0.25, -0.2) is 0 Å². The summed E-state index contributed by atoms with van der Waals surface area (Å²) < 4.78 is 23.1. The molecule has 7 rings (SSSR count). The third-order valence-corrected chi connectivity index (χ3v) is 11.6. The van der Waals surface area contributed by atoms with Crippen molar-refractivity contribution in [3.8, 4) is 16.9 Å². The van der Waals surface area contributed by atoms with E-state index in [9.17, 15) is 4.79 Å². The number of aromatic nitrogens is 1. The molecule has 0 amide bonds. The zero-order valence-electron chi connectivity index (χ0n) is 22.6. The van der Waals surface area contributed by atoms with Crippen LogP contribution in [0.25, 0.3) is 22.0 Å². The fraction of sp³-hybridized carbons (Fsp3) is 0.0833. The summed E-state index contributed by atoms with van der Waals surface area (Å²) >= 11 is 0. The van der Waals surface area contributed by atoms with Crippen molar-refractivity contribution in [3.05, 3.63) is 151 Å². The molecule has 0 saturated carbocycles. The molecule has 1 aliphatic rings. The summed E-state index contributed by atoms with van der Waals surface area (Å²) in [5.41, 5.74) is 3.84. The number of hydrogen-bond donors (Lipinski definition) is 0. The van der Waals surface area contributed by atoms with E-state index in [-0.39, 0.29) is 5.91 Å². The minimum absolute atomic E-state index is 0.143. The first-order valence-corrected chi connectivity index (χ1v) is 15.5. The van der Waals surface area contributed by atoms with Gasteiger partial charge in [0.15, 0.2) is 7.14 Å². The van der Waals surface area contributed by atoms with E-state index in [1.54, 1.807) is 7.11 Å². The van der Waals surface area contributed by atoms with Gasteiger partial charge < -0.3 is 9.30 Å². The number of para-hydroxylation sites is 1. The Kier molecular flexibility index (Phi) is 6.22. The standard InChI is InChI=1S/C36H28NO3P/c1-40-27-23-21-26(22-24-27)33-34-32(25-13-5-2-6-14-25)30-19-11-12-20-31(30)37(34)36(38)35(33)41(39,28-15-7-3-8-16-28)29-17-9-4-10-18-29/h2-24,33,35H,1H3/t33-,35+/m1/s1.